The standard InChI is InChI=1S/C24H27N5O3/c1-27-24(32)20-10-6-5-9-19(20)21(26-27)17-22(30)25-12-11-23(31)29-15-13-28(14-16-29)18-7-3-2-4-8-18/h2-10H,11-17H2,1H3,(H,25,30). The van der Waals surface area contributed by atoms with Gasteiger partial charge in [0.1, 0.15) is 0 Å². The van der Waals surface area contributed by atoms with Gasteiger partial charge in [0.2, 0.25) is 11.8 Å². The fraction of sp³-hybridized carbons (Fsp3) is 0.333. The molecular weight excluding hydrogens is 406 g/mol. The zero-order chi connectivity index (χ0) is 22.5. The molecule has 1 aromatic heterocycles. The fourth-order valence-electron chi connectivity index (χ4n) is 4.04. The summed E-state index contributed by atoms with van der Waals surface area (Å²) in [4.78, 5) is 41.3. The van der Waals surface area contributed by atoms with Gasteiger partial charge in [0.05, 0.1) is 17.5 Å². The van der Waals surface area contributed by atoms with Crippen LogP contribution >= 0.6 is 0 Å². The van der Waals surface area contributed by atoms with Crippen LogP contribution in [0.5, 0.6) is 0 Å². The summed E-state index contributed by atoms with van der Waals surface area (Å²) in [5.41, 5.74) is 1.53. The number of hydrogen-bond acceptors (Lipinski definition) is 5. The quantitative estimate of drug-likeness (QED) is 0.634. The first-order chi connectivity index (χ1) is 15.5. The van der Waals surface area contributed by atoms with E-state index in [0.717, 1.165) is 13.1 Å². The van der Waals surface area contributed by atoms with E-state index in [0.29, 0.717) is 29.6 Å². The molecule has 0 spiro atoms. The third kappa shape index (κ3) is 4.80. The lowest BCUT2D eigenvalue weighted by Gasteiger charge is -2.36. The summed E-state index contributed by atoms with van der Waals surface area (Å²) in [6.07, 6.45) is 0.317. The molecule has 0 radical (unpaired) electrons. The molecule has 3 aromatic rings. The van der Waals surface area contributed by atoms with Crippen LogP contribution in [0.15, 0.2) is 59.4 Å². The van der Waals surface area contributed by atoms with Crippen molar-refractivity contribution in [3.8, 4) is 0 Å². The number of aryl methyl sites for hydroxylation is 1. The molecule has 2 heterocycles. The second-order valence-electron chi connectivity index (χ2n) is 7.90. The lowest BCUT2D eigenvalue weighted by molar-refractivity contribution is -0.131. The van der Waals surface area contributed by atoms with Crippen LogP contribution in [-0.2, 0) is 23.1 Å². The fourth-order valence-corrected chi connectivity index (χ4v) is 4.04. The number of piperazine rings is 1. The maximum absolute atomic E-state index is 12.5. The summed E-state index contributed by atoms with van der Waals surface area (Å²) < 4.78 is 1.25. The van der Waals surface area contributed by atoms with E-state index >= 15 is 0 Å². The van der Waals surface area contributed by atoms with Crippen molar-refractivity contribution in [2.75, 3.05) is 37.6 Å². The molecule has 166 valence electrons. The van der Waals surface area contributed by atoms with E-state index in [4.69, 9.17) is 0 Å². The number of amides is 2. The molecule has 0 bridgehead atoms. The summed E-state index contributed by atoms with van der Waals surface area (Å²) in [5, 5.41) is 8.28. The Bertz CT molecular complexity index is 1170. The number of fused-ring (bicyclic) bond motifs is 1. The highest BCUT2D eigenvalue weighted by molar-refractivity contribution is 5.88. The maximum atomic E-state index is 12.5. The summed E-state index contributed by atoms with van der Waals surface area (Å²) in [5.74, 6) is -0.174. The number of aromatic nitrogens is 2. The lowest BCUT2D eigenvalue weighted by Crippen LogP contribution is -2.49. The number of carbonyl (C=O) groups is 2. The van der Waals surface area contributed by atoms with Gasteiger partial charge in [0, 0.05) is 57.3 Å². The summed E-state index contributed by atoms with van der Waals surface area (Å²) in [6.45, 7) is 3.23. The predicted octanol–water partition coefficient (Wildman–Crippen LogP) is 1.33. The van der Waals surface area contributed by atoms with Crippen LogP contribution in [0.3, 0.4) is 0 Å². The molecule has 32 heavy (non-hydrogen) atoms. The highest BCUT2D eigenvalue weighted by Gasteiger charge is 2.21. The van der Waals surface area contributed by atoms with Crippen LogP contribution in [0.4, 0.5) is 5.69 Å². The first-order valence-electron chi connectivity index (χ1n) is 10.8. The van der Waals surface area contributed by atoms with E-state index < -0.39 is 0 Å². The van der Waals surface area contributed by atoms with Gasteiger partial charge in [-0.3, -0.25) is 14.4 Å². The Morgan fingerprint density at radius 3 is 2.31 bits per heavy atom. The molecule has 8 nitrogen and oxygen atoms in total. The maximum Gasteiger partial charge on any atom is 0.274 e. The van der Waals surface area contributed by atoms with Crippen molar-refractivity contribution in [1.29, 1.82) is 0 Å². The molecule has 4 rings (SSSR count). The van der Waals surface area contributed by atoms with E-state index in [2.05, 4.69) is 27.4 Å². The molecule has 1 saturated heterocycles. The summed E-state index contributed by atoms with van der Waals surface area (Å²) in [6, 6.07) is 17.3. The minimum atomic E-state index is -0.219. The average molecular weight is 434 g/mol. The van der Waals surface area contributed by atoms with E-state index in [1.807, 2.05) is 29.2 Å². The Kier molecular flexibility index (Phi) is 6.49. The van der Waals surface area contributed by atoms with Crippen molar-refractivity contribution in [2.24, 2.45) is 7.05 Å². The number of nitrogens with one attached hydrogen (secondary N) is 1. The van der Waals surface area contributed by atoms with Crippen molar-refractivity contribution >= 4 is 28.3 Å². The monoisotopic (exact) mass is 433 g/mol. The molecule has 2 aromatic carbocycles. The first-order valence-corrected chi connectivity index (χ1v) is 10.8. The molecule has 2 amide bonds. The van der Waals surface area contributed by atoms with Gasteiger partial charge in [0.15, 0.2) is 0 Å². The Hall–Kier alpha value is -3.68. The van der Waals surface area contributed by atoms with Crippen molar-refractivity contribution in [3.05, 3.63) is 70.6 Å². The number of benzene rings is 2. The van der Waals surface area contributed by atoms with Crippen LogP contribution < -0.4 is 15.8 Å². The minimum Gasteiger partial charge on any atom is -0.368 e. The van der Waals surface area contributed by atoms with Gasteiger partial charge >= 0.3 is 0 Å². The minimum absolute atomic E-state index is 0.0451. The number of carbonyl (C=O) groups excluding carboxylic acids is 2. The van der Waals surface area contributed by atoms with E-state index in [1.165, 1.54) is 10.4 Å². The van der Waals surface area contributed by atoms with Gasteiger partial charge in [-0.15, -0.1) is 0 Å². The number of hydrogen-bond donors (Lipinski definition) is 1. The Labute approximate surface area is 186 Å². The molecular formula is C24H27N5O3. The molecule has 8 heteroatoms. The van der Waals surface area contributed by atoms with Crippen molar-refractivity contribution in [2.45, 2.75) is 12.8 Å². The summed E-state index contributed by atoms with van der Waals surface area (Å²) >= 11 is 0. The van der Waals surface area contributed by atoms with Gasteiger partial charge in [-0.25, -0.2) is 4.68 Å². The van der Waals surface area contributed by atoms with Crippen LogP contribution in [0.1, 0.15) is 12.1 Å². The Morgan fingerprint density at radius 2 is 1.59 bits per heavy atom. The molecule has 1 fully saturated rings. The topological polar surface area (TPSA) is 87.5 Å². The number of rotatable bonds is 6. The van der Waals surface area contributed by atoms with Crippen LogP contribution in [0.25, 0.3) is 10.8 Å². The van der Waals surface area contributed by atoms with Gasteiger partial charge in [-0.1, -0.05) is 36.4 Å². The number of para-hydroxylation sites is 1. The van der Waals surface area contributed by atoms with E-state index in [1.54, 1.807) is 25.2 Å². The smallest absolute Gasteiger partial charge is 0.274 e. The van der Waals surface area contributed by atoms with Gasteiger partial charge < -0.3 is 15.1 Å². The molecule has 0 aliphatic carbocycles. The van der Waals surface area contributed by atoms with Gasteiger partial charge in [-0.2, -0.15) is 5.10 Å². The van der Waals surface area contributed by atoms with Crippen molar-refractivity contribution < 1.29 is 9.59 Å². The summed E-state index contributed by atoms with van der Waals surface area (Å²) in [7, 11) is 1.58. The van der Waals surface area contributed by atoms with E-state index in [-0.39, 0.29) is 36.8 Å². The molecule has 0 saturated carbocycles. The number of nitrogens with zero attached hydrogens (tertiary/aromatic N) is 4. The zero-order valence-electron chi connectivity index (χ0n) is 18.2. The average Bonchev–Trinajstić information content (AvgIpc) is 2.83. The SMILES string of the molecule is Cn1nc(CC(=O)NCCC(=O)N2CCN(c3ccccc3)CC2)c2ccccc2c1=O. The highest BCUT2D eigenvalue weighted by atomic mass is 16.2. The Balaban J connectivity index is 1.26. The first kappa shape index (κ1) is 21.5. The molecule has 1 aliphatic rings. The lowest BCUT2D eigenvalue weighted by atomic mass is 10.1. The van der Waals surface area contributed by atoms with Crippen LogP contribution in [0, 0.1) is 0 Å². The van der Waals surface area contributed by atoms with Gasteiger partial charge in [0.25, 0.3) is 5.56 Å². The van der Waals surface area contributed by atoms with Crippen LogP contribution in [-0.4, -0.2) is 59.2 Å². The van der Waals surface area contributed by atoms with Crippen LogP contribution in [0.2, 0.25) is 0 Å². The third-order valence-electron chi connectivity index (χ3n) is 5.78. The van der Waals surface area contributed by atoms with Gasteiger partial charge in [-0.05, 0) is 18.2 Å². The largest absolute Gasteiger partial charge is 0.368 e. The molecule has 0 unspecified atom stereocenters. The predicted molar refractivity (Wildman–Crippen MR) is 124 cm³/mol. The zero-order valence-corrected chi connectivity index (χ0v) is 18.2. The normalized spacial score (nSPS) is 13.9. The van der Waals surface area contributed by atoms with Crippen molar-refractivity contribution in [1.82, 2.24) is 20.0 Å². The third-order valence-corrected chi connectivity index (χ3v) is 5.78. The molecule has 1 aliphatic heterocycles. The van der Waals surface area contributed by atoms with Crippen molar-refractivity contribution in [3.63, 3.8) is 0 Å². The second kappa shape index (κ2) is 9.64. The Morgan fingerprint density at radius 1 is 0.938 bits per heavy atom. The highest BCUT2D eigenvalue weighted by Crippen LogP contribution is 2.16. The second-order valence-corrected chi connectivity index (χ2v) is 7.90. The van der Waals surface area contributed by atoms with E-state index in [9.17, 15) is 14.4 Å². The molecule has 1 N–H and O–H groups in total. The molecule has 0 atom stereocenters. The number of anilines is 1.